The van der Waals surface area contributed by atoms with Crippen LogP contribution in [0.25, 0.3) is 0 Å². The second kappa shape index (κ2) is 7.49. The first kappa shape index (κ1) is 16.2. The predicted molar refractivity (Wildman–Crippen MR) is 74.9 cm³/mol. The third kappa shape index (κ3) is 7.44. The number of rotatable bonds is 5. The molecule has 94 valence electrons. The number of thioether (sulfide) groups is 1. The average Bonchev–Trinajstić information content (AvgIpc) is 2.49. The molecule has 0 unspecified atom stereocenters. The molecule has 5 heteroatoms. The second-order valence-electron chi connectivity index (χ2n) is 4.34. The van der Waals surface area contributed by atoms with Crippen LogP contribution in [0.4, 0.5) is 0 Å². The molecule has 1 aromatic rings. The predicted octanol–water partition coefficient (Wildman–Crippen LogP) is 3.98. The Labute approximate surface area is 113 Å². The van der Waals surface area contributed by atoms with E-state index in [0.717, 1.165) is 24.6 Å². The minimum Gasteiger partial charge on any atom is -0.448 e. The summed E-state index contributed by atoms with van der Waals surface area (Å²) in [5.74, 6) is 2.00. The minimum atomic E-state index is 0. The molecule has 0 amide bonds. The van der Waals surface area contributed by atoms with Gasteiger partial charge in [-0.3, -0.25) is 0 Å². The molecule has 2 nitrogen and oxygen atoms in total. The van der Waals surface area contributed by atoms with Crippen LogP contribution < -0.4 is 5.32 Å². The number of nitrogens with one attached hydrogen (secondary N) is 1. The standard InChI is InChI=1S/C11H18ClNOS.ClH/c1-11(2,3)15-7-6-13-8-9-4-5-10(12)14-9;/h4-5,13H,6-8H2,1-3H3;1H. The molecule has 0 radical (unpaired) electrons. The average molecular weight is 284 g/mol. The molecule has 16 heavy (non-hydrogen) atoms. The van der Waals surface area contributed by atoms with E-state index >= 15 is 0 Å². The van der Waals surface area contributed by atoms with Crippen molar-refractivity contribution in [3.05, 3.63) is 23.1 Å². The van der Waals surface area contributed by atoms with Gasteiger partial charge in [0.25, 0.3) is 0 Å². The fourth-order valence-electron chi connectivity index (χ4n) is 1.09. The van der Waals surface area contributed by atoms with Crippen molar-refractivity contribution in [2.45, 2.75) is 32.1 Å². The summed E-state index contributed by atoms with van der Waals surface area (Å²) in [4.78, 5) is 0. The highest BCUT2D eigenvalue weighted by atomic mass is 35.5. The molecule has 0 aliphatic heterocycles. The van der Waals surface area contributed by atoms with E-state index < -0.39 is 0 Å². The van der Waals surface area contributed by atoms with E-state index in [1.807, 2.05) is 17.8 Å². The quantitative estimate of drug-likeness (QED) is 0.828. The number of halogens is 2. The maximum absolute atomic E-state index is 5.66. The molecule has 0 aliphatic rings. The SMILES string of the molecule is CC(C)(C)SCCNCc1ccc(Cl)o1.Cl. The van der Waals surface area contributed by atoms with Gasteiger partial charge < -0.3 is 9.73 Å². The molecule has 0 spiro atoms. The van der Waals surface area contributed by atoms with Gasteiger partial charge in [0.05, 0.1) is 6.54 Å². The van der Waals surface area contributed by atoms with E-state index in [-0.39, 0.29) is 12.4 Å². The fraction of sp³-hybridized carbons (Fsp3) is 0.636. The molecule has 0 aliphatic carbocycles. The van der Waals surface area contributed by atoms with Crippen LogP contribution in [0, 0.1) is 0 Å². The van der Waals surface area contributed by atoms with Crippen LogP contribution in [0.3, 0.4) is 0 Å². The van der Waals surface area contributed by atoms with Crippen LogP contribution in [0.15, 0.2) is 16.5 Å². The Balaban J connectivity index is 0.00000225. The van der Waals surface area contributed by atoms with Crippen LogP contribution >= 0.6 is 35.8 Å². The van der Waals surface area contributed by atoms with E-state index in [1.165, 1.54) is 0 Å². The maximum Gasteiger partial charge on any atom is 0.193 e. The van der Waals surface area contributed by atoms with E-state index in [0.29, 0.717) is 9.97 Å². The van der Waals surface area contributed by atoms with Crippen LogP contribution in [-0.4, -0.2) is 17.0 Å². The fourth-order valence-corrected chi connectivity index (χ4v) is 2.11. The molecule has 0 saturated carbocycles. The van der Waals surface area contributed by atoms with Crippen LogP contribution in [0.1, 0.15) is 26.5 Å². The van der Waals surface area contributed by atoms with Crippen molar-refractivity contribution < 1.29 is 4.42 Å². The largest absolute Gasteiger partial charge is 0.448 e. The lowest BCUT2D eigenvalue weighted by Crippen LogP contribution is -2.19. The van der Waals surface area contributed by atoms with Gasteiger partial charge in [-0.15, -0.1) is 12.4 Å². The summed E-state index contributed by atoms with van der Waals surface area (Å²) in [6, 6.07) is 3.66. The summed E-state index contributed by atoms with van der Waals surface area (Å²) >= 11 is 7.62. The lowest BCUT2D eigenvalue weighted by molar-refractivity contribution is 0.489. The Morgan fingerprint density at radius 1 is 1.38 bits per heavy atom. The lowest BCUT2D eigenvalue weighted by atomic mass is 10.3. The number of hydrogen-bond acceptors (Lipinski definition) is 3. The highest BCUT2D eigenvalue weighted by Gasteiger charge is 2.09. The summed E-state index contributed by atoms with van der Waals surface area (Å²) in [7, 11) is 0. The van der Waals surface area contributed by atoms with Crippen molar-refractivity contribution in [3.63, 3.8) is 0 Å². The Morgan fingerprint density at radius 2 is 2.06 bits per heavy atom. The third-order valence-corrected chi connectivity index (χ3v) is 3.22. The molecule has 0 fully saturated rings. The Kier molecular flexibility index (Phi) is 7.57. The van der Waals surface area contributed by atoms with E-state index in [9.17, 15) is 0 Å². The van der Waals surface area contributed by atoms with Crippen molar-refractivity contribution in [1.29, 1.82) is 0 Å². The van der Waals surface area contributed by atoms with Gasteiger partial charge in [0.15, 0.2) is 5.22 Å². The van der Waals surface area contributed by atoms with E-state index in [2.05, 4.69) is 26.1 Å². The smallest absolute Gasteiger partial charge is 0.193 e. The summed E-state index contributed by atoms with van der Waals surface area (Å²) in [5, 5.41) is 3.77. The van der Waals surface area contributed by atoms with Gasteiger partial charge in [0.2, 0.25) is 0 Å². The van der Waals surface area contributed by atoms with Gasteiger partial charge in [0.1, 0.15) is 5.76 Å². The first-order valence-corrected chi connectivity index (χ1v) is 6.42. The minimum absolute atomic E-state index is 0. The zero-order valence-corrected chi connectivity index (χ0v) is 12.3. The molecule has 1 heterocycles. The van der Waals surface area contributed by atoms with Crippen LogP contribution in [0.5, 0.6) is 0 Å². The zero-order valence-electron chi connectivity index (χ0n) is 9.88. The number of hydrogen-bond donors (Lipinski definition) is 1. The number of furan rings is 1. The molecule has 1 rings (SSSR count). The first-order valence-electron chi connectivity index (χ1n) is 5.06. The summed E-state index contributed by atoms with van der Waals surface area (Å²) in [6.07, 6.45) is 0. The van der Waals surface area contributed by atoms with Gasteiger partial charge in [-0.05, 0) is 23.7 Å². The molecule has 1 N–H and O–H groups in total. The molecular formula is C11H19Cl2NOS. The van der Waals surface area contributed by atoms with Crippen molar-refractivity contribution >= 4 is 35.8 Å². The van der Waals surface area contributed by atoms with Crippen molar-refractivity contribution in [1.82, 2.24) is 5.32 Å². The Morgan fingerprint density at radius 3 is 2.56 bits per heavy atom. The zero-order chi connectivity index (χ0) is 11.3. The monoisotopic (exact) mass is 283 g/mol. The molecule has 1 aromatic heterocycles. The lowest BCUT2D eigenvalue weighted by Gasteiger charge is -2.17. The van der Waals surface area contributed by atoms with Crippen molar-refractivity contribution in [2.24, 2.45) is 0 Å². The van der Waals surface area contributed by atoms with E-state index in [4.69, 9.17) is 16.0 Å². The molecule has 0 aromatic carbocycles. The van der Waals surface area contributed by atoms with Crippen LogP contribution in [0.2, 0.25) is 5.22 Å². The van der Waals surface area contributed by atoms with E-state index in [1.54, 1.807) is 6.07 Å². The highest BCUT2D eigenvalue weighted by molar-refractivity contribution is 8.00. The van der Waals surface area contributed by atoms with Crippen molar-refractivity contribution in [3.8, 4) is 0 Å². The topological polar surface area (TPSA) is 25.2 Å². The van der Waals surface area contributed by atoms with Gasteiger partial charge in [-0.2, -0.15) is 11.8 Å². The van der Waals surface area contributed by atoms with Crippen LogP contribution in [-0.2, 0) is 6.54 Å². The molecule has 0 saturated heterocycles. The highest BCUT2D eigenvalue weighted by Crippen LogP contribution is 2.22. The Hall–Kier alpha value is 0.170. The summed E-state index contributed by atoms with van der Waals surface area (Å²) in [5.41, 5.74) is 0. The Bertz CT molecular complexity index is 296. The van der Waals surface area contributed by atoms with Crippen molar-refractivity contribution in [2.75, 3.05) is 12.3 Å². The third-order valence-electron chi connectivity index (χ3n) is 1.74. The molecular weight excluding hydrogens is 265 g/mol. The molecule has 0 bridgehead atoms. The van der Waals surface area contributed by atoms with Gasteiger partial charge in [-0.1, -0.05) is 20.8 Å². The van der Waals surface area contributed by atoms with Gasteiger partial charge in [0, 0.05) is 17.0 Å². The normalized spacial score (nSPS) is 11.2. The second-order valence-corrected chi connectivity index (χ2v) is 6.64. The van der Waals surface area contributed by atoms with Gasteiger partial charge in [-0.25, -0.2) is 0 Å². The summed E-state index contributed by atoms with van der Waals surface area (Å²) in [6.45, 7) is 8.41. The molecule has 0 atom stereocenters. The summed E-state index contributed by atoms with van der Waals surface area (Å²) < 4.78 is 5.57. The maximum atomic E-state index is 5.66. The van der Waals surface area contributed by atoms with Gasteiger partial charge >= 0.3 is 0 Å². The first-order chi connectivity index (χ1) is 6.97.